The molecule has 3 aromatic rings. The number of nitrogens with one attached hydrogen (secondary N) is 1. The van der Waals surface area contributed by atoms with Crippen LogP contribution in [0.1, 0.15) is 40.0 Å². The van der Waals surface area contributed by atoms with Crippen LogP contribution in [0.5, 0.6) is 0 Å². The summed E-state index contributed by atoms with van der Waals surface area (Å²) < 4.78 is 7.14. The number of carbonyl (C=O) groups excluding carboxylic acids is 3. The van der Waals surface area contributed by atoms with Crippen molar-refractivity contribution in [2.75, 3.05) is 18.5 Å². The van der Waals surface area contributed by atoms with E-state index in [1.165, 1.54) is 0 Å². The second-order valence-electron chi connectivity index (χ2n) is 8.17. The predicted molar refractivity (Wildman–Crippen MR) is 141 cm³/mol. The van der Waals surface area contributed by atoms with E-state index in [0.29, 0.717) is 24.2 Å². The summed E-state index contributed by atoms with van der Waals surface area (Å²) in [5.41, 5.74) is 3.82. The van der Waals surface area contributed by atoms with Crippen LogP contribution < -0.4 is 5.32 Å². The molecular formula is C27H24Br2N2O4. The Balaban J connectivity index is 1.46. The molecule has 0 bridgehead atoms. The summed E-state index contributed by atoms with van der Waals surface area (Å²) in [6, 6.07) is 19.2. The topological polar surface area (TPSA) is 75.7 Å². The molecule has 1 N–H and O–H groups in total. The summed E-state index contributed by atoms with van der Waals surface area (Å²) in [6.07, 6.45) is 0.806. The molecule has 1 aliphatic heterocycles. The van der Waals surface area contributed by atoms with Crippen LogP contribution in [0.25, 0.3) is 0 Å². The van der Waals surface area contributed by atoms with Gasteiger partial charge in [0, 0.05) is 26.7 Å². The van der Waals surface area contributed by atoms with E-state index in [9.17, 15) is 14.4 Å². The summed E-state index contributed by atoms with van der Waals surface area (Å²) in [4.78, 5) is 40.1. The average molecular weight is 600 g/mol. The number of rotatable bonds is 6. The van der Waals surface area contributed by atoms with Crippen molar-refractivity contribution in [3.05, 3.63) is 97.9 Å². The smallest absolute Gasteiger partial charge is 0.333 e. The summed E-state index contributed by atoms with van der Waals surface area (Å²) in [5, 5.41) is 2.86. The first-order chi connectivity index (χ1) is 16.9. The molecule has 0 spiro atoms. The summed E-state index contributed by atoms with van der Waals surface area (Å²) in [5.74, 6) is -0.782. The summed E-state index contributed by atoms with van der Waals surface area (Å²) in [6.45, 7) is 2.44. The fraction of sp³-hybridized carbons (Fsp3) is 0.222. The van der Waals surface area contributed by atoms with Crippen molar-refractivity contribution < 1.29 is 19.1 Å². The van der Waals surface area contributed by atoms with E-state index >= 15 is 0 Å². The third-order valence-corrected chi connectivity index (χ3v) is 6.86. The molecule has 1 heterocycles. The molecule has 6 nitrogen and oxygen atoms in total. The van der Waals surface area contributed by atoms with Crippen molar-refractivity contribution in [3.8, 4) is 0 Å². The molecule has 0 aromatic heterocycles. The van der Waals surface area contributed by atoms with Crippen LogP contribution in [0.3, 0.4) is 0 Å². The lowest BCUT2D eigenvalue weighted by Gasteiger charge is -2.36. The molecule has 3 aromatic carbocycles. The Kier molecular flexibility index (Phi) is 8.03. The number of fused-ring (bicyclic) bond motifs is 1. The van der Waals surface area contributed by atoms with E-state index in [4.69, 9.17) is 4.74 Å². The van der Waals surface area contributed by atoms with Gasteiger partial charge in [-0.05, 0) is 78.6 Å². The third-order valence-electron chi connectivity index (χ3n) is 5.84. The molecule has 0 aliphatic carbocycles. The highest BCUT2D eigenvalue weighted by Crippen LogP contribution is 2.33. The van der Waals surface area contributed by atoms with Crippen molar-refractivity contribution >= 4 is 55.3 Å². The molecule has 0 saturated carbocycles. The quantitative estimate of drug-likeness (QED) is 0.369. The first kappa shape index (κ1) is 25.1. The van der Waals surface area contributed by atoms with E-state index < -0.39 is 12.0 Å². The number of nitrogens with zero attached hydrogens (tertiary/aromatic N) is 1. The number of benzene rings is 3. The van der Waals surface area contributed by atoms with Gasteiger partial charge in [-0.3, -0.25) is 9.59 Å². The van der Waals surface area contributed by atoms with Crippen LogP contribution in [0.4, 0.5) is 5.69 Å². The Morgan fingerprint density at radius 3 is 2.34 bits per heavy atom. The zero-order chi connectivity index (χ0) is 24.9. The predicted octanol–water partition coefficient (Wildman–Crippen LogP) is 5.70. The molecule has 8 heteroatoms. The molecule has 1 atom stereocenters. The highest BCUT2D eigenvalue weighted by Gasteiger charge is 2.36. The lowest BCUT2D eigenvalue weighted by atomic mass is 9.92. The minimum atomic E-state index is -0.760. The number of hydrogen-bond donors (Lipinski definition) is 1. The van der Waals surface area contributed by atoms with Gasteiger partial charge in [-0.25, -0.2) is 4.79 Å². The largest absolute Gasteiger partial charge is 0.464 e. The summed E-state index contributed by atoms with van der Waals surface area (Å²) >= 11 is 6.84. The van der Waals surface area contributed by atoms with Crippen molar-refractivity contribution in [1.82, 2.24) is 4.90 Å². The van der Waals surface area contributed by atoms with Gasteiger partial charge in [0.2, 0.25) is 5.91 Å². The highest BCUT2D eigenvalue weighted by atomic mass is 79.9. The van der Waals surface area contributed by atoms with Crippen molar-refractivity contribution in [3.63, 3.8) is 0 Å². The molecule has 0 saturated heterocycles. The van der Waals surface area contributed by atoms with Gasteiger partial charge in [0.25, 0.3) is 5.91 Å². The van der Waals surface area contributed by atoms with E-state index in [-0.39, 0.29) is 24.8 Å². The Bertz CT molecular complexity index is 1240. The first-order valence-electron chi connectivity index (χ1n) is 11.3. The van der Waals surface area contributed by atoms with Crippen LogP contribution in [-0.4, -0.2) is 35.8 Å². The van der Waals surface area contributed by atoms with E-state index in [1.54, 1.807) is 36.1 Å². The second kappa shape index (κ2) is 11.2. The molecule has 1 unspecified atom stereocenters. The third kappa shape index (κ3) is 6.00. The SMILES string of the molecule is CCOC(=O)C1c2ccc(Br)cc2CCN1C(=O)Cc1ccc(NC(=O)c2ccc(Br)cc2)cc1. The standard InChI is InChI=1S/C27H24Br2N2O4/c1-2-35-27(34)25-23-12-9-21(29)16-19(23)13-14-31(25)24(32)15-17-3-10-22(11-4-17)30-26(33)18-5-7-20(28)8-6-18/h3-12,16,25H,2,13-15H2,1H3,(H,30,33). The molecule has 180 valence electrons. The maximum Gasteiger partial charge on any atom is 0.333 e. The van der Waals surface area contributed by atoms with Crippen LogP contribution in [-0.2, 0) is 27.2 Å². The normalized spacial score (nSPS) is 14.7. The van der Waals surface area contributed by atoms with Crippen LogP contribution in [0.2, 0.25) is 0 Å². The van der Waals surface area contributed by atoms with Crippen molar-refractivity contribution in [1.29, 1.82) is 0 Å². The Morgan fingerprint density at radius 2 is 1.66 bits per heavy atom. The van der Waals surface area contributed by atoms with Crippen LogP contribution in [0.15, 0.2) is 75.7 Å². The molecule has 4 rings (SSSR count). The Hall–Kier alpha value is -2.97. The van der Waals surface area contributed by atoms with Gasteiger partial charge >= 0.3 is 5.97 Å². The van der Waals surface area contributed by atoms with Gasteiger partial charge in [-0.2, -0.15) is 0 Å². The molecular weight excluding hydrogens is 576 g/mol. The van der Waals surface area contributed by atoms with E-state index in [1.807, 2.05) is 42.5 Å². The average Bonchev–Trinajstić information content (AvgIpc) is 2.84. The summed E-state index contributed by atoms with van der Waals surface area (Å²) in [7, 11) is 0. The lowest BCUT2D eigenvalue weighted by Crippen LogP contribution is -2.44. The fourth-order valence-corrected chi connectivity index (χ4v) is 4.80. The number of amides is 2. The molecule has 1 aliphatic rings. The van der Waals surface area contributed by atoms with Gasteiger partial charge < -0.3 is 15.0 Å². The lowest BCUT2D eigenvalue weighted by molar-refractivity contribution is -0.155. The van der Waals surface area contributed by atoms with Gasteiger partial charge in [-0.1, -0.05) is 50.1 Å². The number of carbonyl (C=O) groups is 3. The second-order valence-corrected chi connectivity index (χ2v) is 10.0. The highest BCUT2D eigenvalue weighted by molar-refractivity contribution is 9.10. The monoisotopic (exact) mass is 598 g/mol. The molecule has 35 heavy (non-hydrogen) atoms. The maximum atomic E-state index is 13.3. The molecule has 0 radical (unpaired) electrons. The first-order valence-corrected chi connectivity index (χ1v) is 12.8. The van der Waals surface area contributed by atoms with Gasteiger partial charge in [-0.15, -0.1) is 0 Å². The molecule has 2 amide bonds. The fourth-order valence-electron chi connectivity index (χ4n) is 4.13. The van der Waals surface area contributed by atoms with Gasteiger partial charge in [0.1, 0.15) is 0 Å². The number of hydrogen-bond acceptors (Lipinski definition) is 4. The minimum absolute atomic E-state index is 0.142. The Labute approximate surface area is 220 Å². The maximum absolute atomic E-state index is 13.3. The zero-order valence-electron chi connectivity index (χ0n) is 19.1. The van der Waals surface area contributed by atoms with Crippen molar-refractivity contribution in [2.45, 2.75) is 25.8 Å². The number of ether oxygens (including phenoxy) is 1. The van der Waals surface area contributed by atoms with Crippen LogP contribution in [0, 0.1) is 0 Å². The zero-order valence-corrected chi connectivity index (χ0v) is 22.3. The van der Waals surface area contributed by atoms with E-state index in [0.717, 1.165) is 25.6 Å². The number of halogens is 2. The van der Waals surface area contributed by atoms with Gasteiger partial charge in [0.05, 0.1) is 13.0 Å². The van der Waals surface area contributed by atoms with Crippen LogP contribution >= 0.6 is 31.9 Å². The van der Waals surface area contributed by atoms with Gasteiger partial charge in [0.15, 0.2) is 6.04 Å². The Morgan fingerprint density at radius 1 is 0.971 bits per heavy atom. The van der Waals surface area contributed by atoms with E-state index in [2.05, 4.69) is 37.2 Å². The number of anilines is 1. The molecule has 0 fully saturated rings. The van der Waals surface area contributed by atoms with Crippen molar-refractivity contribution in [2.24, 2.45) is 0 Å². The minimum Gasteiger partial charge on any atom is -0.464 e. The number of esters is 1.